The van der Waals surface area contributed by atoms with Gasteiger partial charge in [-0.3, -0.25) is 0 Å². The Balaban J connectivity index is 2.90. The molecule has 9 heavy (non-hydrogen) atoms. The van der Waals surface area contributed by atoms with E-state index in [2.05, 4.69) is 4.98 Å². The summed E-state index contributed by atoms with van der Waals surface area (Å²) in [7, 11) is 0. The van der Waals surface area contributed by atoms with Gasteiger partial charge in [-0.05, 0) is 0 Å². The highest BCUT2D eigenvalue weighted by Gasteiger charge is 1.97. The second-order valence-corrected chi connectivity index (χ2v) is 1.58. The van der Waals surface area contributed by atoms with Crippen molar-refractivity contribution in [2.45, 2.75) is 13.3 Å². The highest BCUT2D eigenvalue weighted by Crippen LogP contribution is 2.00. The van der Waals surface area contributed by atoms with Gasteiger partial charge in [0.1, 0.15) is 6.07 Å². The van der Waals surface area contributed by atoms with Crippen molar-refractivity contribution in [3.8, 4) is 6.07 Å². The Morgan fingerprint density at radius 2 is 2.67 bits per heavy atom. The molecule has 1 heterocycles. The van der Waals surface area contributed by atoms with E-state index in [4.69, 9.17) is 9.68 Å². The van der Waals surface area contributed by atoms with Gasteiger partial charge in [0.05, 0.1) is 6.20 Å². The summed E-state index contributed by atoms with van der Waals surface area (Å²) in [6.07, 6.45) is 2.17. The van der Waals surface area contributed by atoms with Crippen LogP contribution in [0.1, 0.15) is 18.6 Å². The zero-order valence-electron chi connectivity index (χ0n) is 5.09. The molecule has 0 saturated heterocycles. The van der Waals surface area contributed by atoms with E-state index in [1.54, 1.807) is 0 Å². The average molecular weight is 122 g/mol. The molecule has 0 aliphatic rings. The van der Waals surface area contributed by atoms with Crippen LogP contribution in [0.4, 0.5) is 0 Å². The van der Waals surface area contributed by atoms with E-state index in [1.807, 2.05) is 13.0 Å². The number of oxazole rings is 1. The van der Waals surface area contributed by atoms with Gasteiger partial charge in [-0.2, -0.15) is 5.26 Å². The highest BCUT2D eigenvalue weighted by molar-refractivity contribution is 5.11. The second kappa shape index (κ2) is 2.31. The molecule has 3 nitrogen and oxygen atoms in total. The van der Waals surface area contributed by atoms with Gasteiger partial charge in [0, 0.05) is 6.42 Å². The topological polar surface area (TPSA) is 49.8 Å². The van der Waals surface area contributed by atoms with Crippen LogP contribution in [0.5, 0.6) is 0 Å². The summed E-state index contributed by atoms with van der Waals surface area (Å²) in [5.41, 5.74) is 0. The van der Waals surface area contributed by atoms with Gasteiger partial charge in [0.25, 0.3) is 0 Å². The predicted molar refractivity (Wildman–Crippen MR) is 30.6 cm³/mol. The van der Waals surface area contributed by atoms with Crippen LogP contribution in [0.15, 0.2) is 10.6 Å². The van der Waals surface area contributed by atoms with Crippen LogP contribution in [0, 0.1) is 11.3 Å². The van der Waals surface area contributed by atoms with Crippen LogP contribution in [-0.2, 0) is 6.42 Å². The first-order valence-electron chi connectivity index (χ1n) is 2.71. The maximum absolute atomic E-state index is 8.26. The molecule has 1 aromatic heterocycles. The summed E-state index contributed by atoms with van der Waals surface area (Å²) >= 11 is 0. The molecule has 3 heteroatoms. The van der Waals surface area contributed by atoms with Gasteiger partial charge < -0.3 is 4.42 Å². The quantitative estimate of drug-likeness (QED) is 0.560. The molecule has 0 aliphatic heterocycles. The number of aryl methyl sites for hydroxylation is 1. The molecule has 0 aliphatic carbocycles. The fourth-order valence-electron chi connectivity index (χ4n) is 0.525. The highest BCUT2D eigenvalue weighted by atomic mass is 16.4. The largest absolute Gasteiger partial charge is 0.430 e. The molecule has 0 spiro atoms. The van der Waals surface area contributed by atoms with Gasteiger partial charge in [-0.15, -0.1) is 0 Å². The first-order chi connectivity index (χ1) is 4.36. The lowest BCUT2D eigenvalue weighted by Gasteiger charge is -1.79. The fourth-order valence-corrected chi connectivity index (χ4v) is 0.525. The van der Waals surface area contributed by atoms with Crippen molar-refractivity contribution < 1.29 is 4.42 Å². The van der Waals surface area contributed by atoms with E-state index in [0.717, 1.165) is 6.42 Å². The Morgan fingerprint density at radius 3 is 3.00 bits per heavy atom. The minimum absolute atomic E-state index is 0.284. The Morgan fingerprint density at radius 1 is 1.89 bits per heavy atom. The third-order valence-electron chi connectivity index (χ3n) is 0.966. The zero-order chi connectivity index (χ0) is 6.69. The van der Waals surface area contributed by atoms with Crippen LogP contribution in [0.3, 0.4) is 0 Å². The molecule has 0 atom stereocenters. The molecular weight excluding hydrogens is 116 g/mol. The van der Waals surface area contributed by atoms with Crippen molar-refractivity contribution in [2.75, 3.05) is 0 Å². The lowest BCUT2D eigenvalue weighted by atomic mass is 10.5. The van der Waals surface area contributed by atoms with Crippen molar-refractivity contribution in [1.29, 1.82) is 5.26 Å². The summed E-state index contributed by atoms with van der Waals surface area (Å²) in [6.45, 7) is 1.92. The van der Waals surface area contributed by atoms with Crippen molar-refractivity contribution in [3.05, 3.63) is 17.8 Å². The summed E-state index contributed by atoms with van der Waals surface area (Å²) in [5, 5.41) is 8.26. The number of nitriles is 1. The van der Waals surface area contributed by atoms with Crippen LogP contribution < -0.4 is 0 Å². The predicted octanol–water partition coefficient (Wildman–Crippen LogP) is 1.11. The molecule has 0 radical (unpaired) electrons. The van der Waals surface area contributed by atoms with Gasteiger partial charge in [0.2, 0.25) is 5.76 Å². The zero-order valence-corrected chi connectivity index (χ0v) is 5.09. The SMILES string of the molecule is CCc1ncc(C#N)o1. The molecule has 0 fully saturated rings. The summed E-state index contributed by atoms with van der Waals surface area (Å²) < 4.78 is 4.91. The maximum atomic E-state index is 8.26. The van der Waals surface area contributed by atoms with E-state index >= 15 is 0 Å². The number of hydrogen-bond donors (Lipinski definition) is 0. The van der Waals surface area contributed by atoms with Gasteiger partial charge in [0.15, 0.2) is 5.89 Å². The van der Waals surface area contributed by atoms with E-state index in [9.17, 15) is 0 Å². The first-order valence-corrected chi connectivity index (χ1v) is 2.71. The molecular formula is C6H6N2O. The van der Waals surface area contributed by atoms with Gasteiger partial charge in [-0.25, -0.2) is 4.98 Å². The summed E-state index contributed by atoms with van der Waals surface area (Å²) in [4.78, 5) is 3.82. The third kappa shape index (κ3) is 1.08. The Hall–Kier alpha value is -1.30. The second-order valence-electron chi connectivity index (χ2n) is 1.58. The van der Waals surface area contributed by atoms with Crippen molar-refractivity contribution in [1.82, 2.24) is 4.98 Å². The van der Waals surface area contributed by atoms with Gasteiger partial charge in [-0.1, -0.05) is 6.92 Å². The summed E-state index contributed by atoms with van der Waals surface area (Å²) in [5.74, 6) is 0.901. The molecule has 46 valence electrons. The molecule has 0 bridgehead atoms. The molecule has 0 saturated carbocycles. The van der Waals surface area contributed by atoms with Crippen LogP contribution in [0.2, 0.25) is 0 Å². The molecule has 0 aromatic carbocycles. The molecule has 1 rings (SSSR count). The fraction of sp³-hybridized carbons (Fsp3) is 0.333. The minimum Gasteiger partial charge on any atom is -0.430 e. The van der Waals surface area contributed by atoms with Crippen LogP contribution in [-0.4, -0.2) is 4.98 Å². The standard InChI is InChI=1S/C6H6N2O/c1-2-6-8-4-5(3-7)9-6/h4H,2H2,1H3. The number of aromatic nitrogens is 1. The summed E-state index contributed by atoms with van der Waals surface area (Å²) in [6, 6.07) is 1.85. The molecule has 0 unspecified atom stereocenters. The van der Waals surface area contributed by atoms with E-state index in [1.165, 1.54) is 6.20 Å². The van der Waals surface area contributed by atoms with E-state index in [-0.39, 0.29) is 5.76 Å². The monoisotopic (exact) mass is 122 g/mol. The van der Waals surface area contributed by atoms with Gasteiger partial charge >= 0.3 is 0 Å². The number of rotatable bonds is 1. The van der Waals surface area contributed by atoms with Crippen molar-refractivity contribution in [2.24, 2.45) is 0 Å². The smallest absolute Gasteiger partial charge is 0.223 e. The molecule has 0 amide bonds. The lowest BCUT2D eigenvalue weighted by molar-refractivity contribution is 0.491. The average Bonchev–Trinajstić information content (AvgIpc) is 2.34. The Labute approximate surface area is 52.9 Å². The lowest BCUT2D eigenvalue weighted by Crippen LogP contribution is -1.73. The molecule has 1 aromatic rings. The third-order valence-corrected chi connectivity index (χ3v) is 0.966. The first kappa shape index (κ1) is 5.83. The van der Waals surface area contributed by atoms with Crippen LogP contribution >= 0.6 is 0 Å². The van der Waals surface area contributed by atoms with Crippen molar-refractivity contribution in [3.63, 3.8) is 0 Å². The van der Waals surface area contributed by atoms with E-state index < -0.39 is 0 Å². The minimum atomic E-state index is 0.284. The maximum Gasteiger partial charge on any atom is 0.223 e. The van der Waals surface area contributed by atoms with Crippen LogP contribution in [0.25, 0.3) is 0 Å². The number of hydrogen-bond acceptors (Lipinski definition) is 3. The number of nitrogens with zero attached hydrogens (tertiary/aromatic N) is 2. The normalized spacial score (nSPS) is 8.89. The van der Waals surface area contributed by atoms with Crippen molar-refractivity contribution >= 4 is 0 Å². The Bertz CT molecular complexity index is 233. The molecule has 0 N–H and O–H groups in total. The Kier molecular flexibility index (Phi) is 1.50. The van der Waals surface area contributed by atoms with E-state index in [0.29, 0.717) is 5.89 Å².